The molecule has 34 heavy (non-hydrogen) atoms. The van der Waals surface area contributed by atoms with Gasteiger partial charge in [0.1, 0.15) is 23.7 Å². The standard InChI is InChI=1S/C27H36N2O5/c1-21-3-8-25(22(2)17-21)34-20-27(31)9-11-28(12-10-27)18-23-4-6-24(7-5-23)33-19-26(30)29-13-15-32-16-14-29/h3-8,17,31H,9-16,18-20H2,1-2H3. The molecule has 1 amide bonds. The molecule has 2 saturated heterocycles. The molecule has 0 unspecified atom stereocenters. The van der Waals surface area contributed by atoms with Gasteiger partial charge in [-0.2, -0.15) is 0 Å². The van der Waals surface area contributed by atoms with E-state index in [-0.39, 0.29) is 12.5 Å². The first-order valence-electron chi connectivity index (χ1n) is 12.1. The van der Waals surface area contributed by atoms with Gasteiger partial charge in [-0.3, -0.25) is 9.69 Å². The Hall–Kier alpha value is -2.61. The number of morpholine rings is 1. The van der Waals surface area contributed by atoms with Gasteiger partial charge in [0.05, 0.1) is 13.2 Å². The van der Waals surface area contributed by atoms with Gasteiger partial charge < -0.3 is 24.2 Å². The molecular weight excluding hydrogens is 432 g/mol. The van der Waals surface area contributed by atoms with Crippen molar-refractivity contribution in [3.63, 3.8) is 0 Å². The summed E-state index contributed by atoms with van der Waals surface area (Å²) in [5, 5.41) is 11.0. The van der Waals surface area contributed by atoms with Crippen LogP contribution in [0.2, 0.25) is 0 Å². The van der Waals surface area contributed by atoms with E-state index < -0.39 is 5.60 Å². The summed E-state index contributed by atoms with van der Waals surface area (Å²) in [6.45, 7) is 9.37. The molecular formula is C27H36N2O5. The van der Waals surface area contributed by atoms with E-state index in [9.17, 15) is 9.90 Å². The van der Waals surface area contributed by atoms with Crippen LogP contribution in [0.15, 0.2) is 42.5 Å². The molecule has 0 bridgehead atoms. The lowest BCUT2D eigenvalue weighted by atomic mass is 9.92. The number of rotatable bonds is 8. The topological polar surface area (TPSA) is 71.5 Å². The Balaban J connectivity index is 1.19. The van der Waals surface area contributed by atoms with Crippen LogP contribution in [-0.4, -0.2) is 79.0 Å². The summed E-state index contributed by atoms with van der Waals surface area (Å²) in [5.41, 5.74) is 2.69. The second-order valence-corrected chi connectivity index (χ2v) is 9.48. The first kappa shape index (κ1) is 24.5. The fourth-order valence-corrected chi connectivity index (χ4v) is 4.44. The molecule has 2 aromatic carbocycles. The zero-order valence-electron chi connectivity index (χ0n) is 20.3. The molecule has 2 aliphatic heterocycles. The molecule has 0 aromatic heterocycles. The van der Waals surface area contributed by atoms with Gasteiger partial charge in [0, 0.05) is 32.7 Å². The summed E-state index contributed by atoms with van der Waals surface area (Å²) in [6.07, 6.45) is 1.37. The summed E-state index contributed by atoms with van der Waals surface area (Å²) >= 11 is 0. The van der Waals surface area contributed by atoms with Crippen LogP contribution in [0, 0.1) is 13.8 Å². The molecule has 2 fully saturated rings. The van der Waals surface area contributed by atoms with Gasteiger partial charge in [0.25, 0.3) is 5.91 Å². The number of hydrogen-bond acceptors (Lipinski definition) is 6. The highest BCUT2D eigenvalue weighted by Gasteiger charge is 2.33. The van der Waals surface area contributed by atoms with Gasteiger partial charge in [-0.15, -0.1) is 0 Å². The minimum absolute atomic E-state index is 0.00491. The fraction of sp³-hybridized carbons (Fsp3) is 0.519. The van der Waals surface area contributed by atoms with Crippen LogP contribution in [0.25, 0.3) is 0 Å². The summed E-state index contributed by atoms with van der Waals surface area (Å²) < 4.78 is 16.9. The van der Waals surface area contributed by atoms with Crippen LogP contribution in [0.5, 0.6) is 11.5 Å². The van der Waals surface area contributed by atoms with Crippen molar-refractivity contribution in [1.29, 1.82) is 0 Å². The van der Waals surface area contributed by atoms with Crippen molar-refractivity contribution in [2.24, 2.45) is 0 Å². The Bertz CT molecular complexity index is 948. The van der Waals surface area contributed by atoms with Crippen molar-refractivity contribution in [2.45, 2.75) is 38.8 Å². The second-order valence-electron chi connectivity index (χ2n) is 9.48. The molecule has 0 aliphatic carbocycles. The highest BCUT2D eigenvalue weighted by molar-refractivity contribution is 5.77. The number of benzene rings is 2. The van der Waals surface area contributed by atoms with Crippen LogP contribution in [0.3, 0.4) is 0 Å². The van der Waals surface area contributed by atoms with Crippen molar-refractivity contribution >= 4 is 5.91 Å². The molecule has 2 aromatic rings. The number of hydrogen-bond donors (Lipinski definition) is 1. The van der Waals surface area contributed by atoms with Crippen molar-refractivity contribution in [1.82, 2.24) is 9.80 Å². The Morgan fingerprint density at radius 2 is 1.71 bits per heavy atom. The normalized spacial score (nSPS) is 18.5. The third-order valence-corrected chi connectivity index (χ3v) is 6.67. The van der Waals surface area contributed by atoms with Crippen LogP contribution < -0.4 is 9.47 Å². The number of nitrogens with zero attached hydrogens (tertiary/aromatic N) is 2. The average Bonchev–Trinajstić information content (AvgIpc) is 2.85. The minimum atomic E-state index is -0.793. The summed E-state index contributed by atoms with van der Waals surface area (Å²) in [5.74, 6) is 1.53. The number of ether oxygens (including phenoxy) is 3. The van der Waals surface area contributed by atoms with E-state index in [0.29, 0.717) is 51.5 Å². The Morgan fingerprint density at radius 1 is 1.00 bits per heavy atom. The van der Waals surface area contributed by atoms with E-state index in [0.717, 1.165) is 30.9 Å². The second kappa shape index (κ2) is 11.2. The first-order valence-corrected chi connectivity index (χ1v) is 12.1. The van der Waals surface area contributed by atoms with E-state index >= 15 is 0 Å². The zero-order chi connectivity index (χ0) is 24.0. The Kier molecular flexibility index (Phi) is 8.08. The molecule has 0 radical (unpaired) electrons. The smallest absolute Gasteiger partial charge is 0.260 e. The number of carbonyl (C=O) groups excluding carboxylic acids is 1. The molecule has 7 heteroatoms. The molecule has 184 valence electrons. The molecule has 1 N–H and O–H groups in total. The largest absolute Gasteiger partial charge is 0.490 e. The third-order valence-electron chi connectivity index (χ3n) is 6.67. The maximum atomic E-state index is 12.2. The van der Waals surface area contributed by atoms with Crippen LogP contribution in [0.1, 0.15) is 29.5 Å². The fourth-order valence-electron chi connectivity index (χ4n) is 4.44. The van der Waals surface area contributed by atoms with E-state index in [1.807, 2.05) is 43.3 Å². The molecule has 2 heterocycles. The van der Waals surface area contributed by atoms with Crippen molar-refractivity contribution in [3.8, 4) is 11.5 Å². The SMILES string of the molecule is Cc1ccc(OCC2(O)CCN(Cc3ccc(OCC(=O)N4CCOCC4)cc3)CC2)c(C)c1. The molecule has 0 saturated carbocycles. The molecule has 0 atom stereocenters. The summed E-state index contributed by atoms with van der Waals surface area (Å²) in [7, 11) is 0. The zero-order valence-corrected chi connectivity index (χ0v) is 20.3. The number of likely N-dealkylation sites (tertiary alicyclic amines) is 1. The molecule has 2 aliphatic rings. The van der Waals surface area contributed by atoms with Gasteiger partial charge in [-0.25, -0.2) is 0 Å². The van der Waals surface area contributed by atoms with Gasteiger partial charge >= 0.3 is 0 Å². The monoisotopic (exact) mass is 468 g/mol. The lowest BCUT2D eigenvalue weighted by molar-refractivity contribution is -0.137. The molecule has 7 nitrogen and oxygen atoms in total. The Morgan fingerprint density at radius 3 is 2.38 bits per heavy atom. The van der Waals surface area contributed by atoms with Crippen molar-refractivity contribution < 1.29 is 24.1 Å². The minimum Gasteiger partial charge on any atom is -0.490 e. The highest BCUT2D eigenvalue weighted by Crippen LogP contribution is 2.27. The van der Waals surface area contributed by atoms with Gasteiger partial charge in [0.2, 0.25) is 0 Å². The van der Waals surface area contributed by atoms with Crippen LogP contribution in [-0.2, 0) is 16.1 Å². The highest BCUT2D eigenvalue weighted by atomic mass is 16.5. The van der Waals surface area contributed by atoms with E-state index in [1.54, 1.807) is 4.90 Å². The maximum absolute atomic E-state index is 12.2. The van der Waals surface area contributed by atoms with E-state index in [1.165, 1.54) is 11.1 Å². The average molecular weight is 469 g/mol. The van der Waals surface area contributed by atoms with Gasteiger partial charge in [0.15, 0.2) is 6.61 Å². The van der Waals surface area contributed by atoms with E-state index in [2.05, 4.69) is 17.9 Å². The van der Waals surface area contributed by atoms with Crippen LogP contribution in [0.4, 0.5) is 0 Å². The predicted molar refractivity (Wildman–Crippen MR) is 130 cm³/mol. The van der Waals surface area contributed by atoms with Crippen molar-refractivity contribution in [3.05, 3.63) is 59.2 Å². The first-order chi connectivity index (χ1) is 16.4. The molecule has 4 rings (SSSR count). The maximum Gasteiger partial charge on any atom is 0.260 e. The van der Waals surface area contributed by atoms with Gasteiger partial charge in [-0.1, -0.05) is 29.8 Å². The summed E-state index contributed by atoms with van der Waals surface area (Å²) in [4.78, 5) is 16.4. The lowest BCUT2D eigenvalue weighted by Gasteiger charge is -2.38. The third kappa shape index (κ3) is 6.72. The van der Waals surface area contributed by atoms with E-state index in [4.69, 9.17) is 14.2 Å². The number of carbonyl (C=O) groups is 1. The number of piperidine rings is 1. The number of amides is 1. The quantitative estimate of drug-likeness (QED) is 0.642. The number of aryl methyl sites for hydroxylation is 2. The predicted octanol–water partition coefficient (Wildman–Crippen LogP) is 2.95. The lowest BCUT2D eigenvalue weighted by Crippen LogP contribution is -2.47. The molecule has 0 spiro atoms. The van der Waals surface area contributed by atoms with Crippen LogP contribution >= 0.6 is 0 Å². The van der Waals surface area contributed by atoms with Gasteiger partial charge in [-0.05, 0) is 56.0 Å². The Labute approximate surface area is 202 Å². The van der Waals surface area contributed by atoms with Crippen molar-refractivity contribution in [2.75, 3.05) is 52.6 Å². The number of aliphatic hydroxyl groups is 1. The summed E-state index contributed by atoms with van der Waals surface area (Å²) in [6, 6.07) is 14.0.